The number of hydrogen-bond donors (Lipinski definition) is 1. The van der Waals surface area contributed by atoms with Gasteiger partial charge in [-0.2, -0.15) is 4.98 Å². The van der Waals surface area contributed by atoms with Gasteiger partial charge in [-0.3, -0.25) is 4.79 Å². The summed E-state index contributed by atoms with van der Waals surface area (Å²) in [4.78, 5) is 15.8. The molecule has 1 heterocycles. The molecule has 18 heavy (non-hydrogen) atoms. The van der Waals surface area contributed by atoms with Gasteiger partial charge in [0.15, 0.2) is 5.82 Å². The molecule has 0 aliphatic rings. The lowest BCUT2D eigenvalue weighted by molar-refractivity contribution is 0.0949. The molecule has 1 amide bonds. The van der Waals surface area contributed by atoms with Gasteiger partial charge in [0.2, 0.25) is 5.89 Å². The third-order valence-electron chi connectivity index (χ3n) is 2.33. The van der Waals surface area contributed by atoms with Crippen LogP contribution in [0.15, 0.2) is 28.8 Å². The van der Waals surface area contributed by atoms with Crippen molar-refractivity contribution in [2.24, 2.45) is 0 Å². The fourth-order valence-electron chi connectivity index (χ4n) is 1.42. The third kappa shape index (κ3) is 2.85. The summed E-state index contributed by atoms with van der Waals surface area (Å²) in [5.74, 6) is 1.44. The first-order chi connectivity index (χ1) is 8.69. The zero-order valence-corrected chi connectivity index (χ0v) is 10.1. The van der Waals surface area contributed by atoms with E-state index in [1.165, 1.54) is 0 Å². The predicted molar refractivity (Wildman–Crippen MR) is 63.2 cm³/mol. The Balaban J connectivity index is 1.94. The molecule has 1 aromatic heterocycles. The van der Waals surface area contributed by atoms with Crippen LogP contribution in [0.25, 0.3) is 0 Å². The largest absolute Gasteiger partial charge is 0.497 e. The van der Waals surface area contributed by atoms with E-state index >= 15 is 0 Å². The fraction of sp³-hybridized carbons (Fsp3) is 0.250. The minimum absolute atomic E-state index is 0.194. The van der Waals surface area contributed by atoms with E-state index in [0.29, 0.717) is 23.0 Å². The second-order valence-corrected chi connectivity index (χ2v) is 3.64. The highest BCUT2D eigenvalue weighted by Gasteiger charge is 2.07. The van der Waals surface area contributed by atoms with Gasteiger partial charge in [0.25, 0.3) is 5.91 Å². The van der Waals surface area contributed by atoms with Gasteiger partial charge in [0.1, 0.15) is 5.75 Å². The first kappa shape index (κ1) is 12.1. The number of carbonyl (C=O) groups is 1. The van der Waals surface area contributed by atoms with Crippen LogP contribution in [0, 0.1) is 6.92 Å². The van der Waals surface area contributed by atoms with Gasteiger partial charge >= 0.3 is 0 Å². The first-order valence-corrected chi connectivity index (χ1v) is 5.40. The van der Waals surface area contributed by atoms with E-state index in [1.54, 1.807) is 38.3 Å². The molecule has 0 bridgehead atoms. The molecule has 2 rings (SSSR count). The maximum Gasteiger partial charge on any atom is 0.251 e. The zero-order chi connectivity index (χ0) is 13.0. The quantitative estimate of drug-likeness (QED) is 0.881. The molecule has 0 atom stereocenters. The number of amides is 1. The van der Waals surface area contributed by atoms with Gasteiger partial charge in [-0.05, 0) is 24.3 Å². The average Bonchev–Trinajstić information content (AvgIpc) is 2.82. The summed E-state index contributed by atoms with van der Waals surface area (Å²) < 4.78 is 9.82. The van der Waals surface area contributed by atoms with E-state index in [9.17, 15) is 4.79 Å². The highest BCUT2D eigenvalue weighted by Crippen LogP contribution is 2.11. The van der Waals surface area contributed by atoms with Crippen LogP contribution in [0.5, 0.6) is 5.75 Å². The summed E-state index contributed by atoms with van der Waals surface area (Å²) in [5.41, 5.74) is 0.552. The molecule has 0 spiro atoms. The normalized spacial score (nSPS) is 10.1. The van der Waals surface area contributed by atoms with Gasteiger partial charge < -0.3 is 14.6 Å². The number of methoxy groups -OCH3 is 1. The van der Waals surface area contributed by atoms with Crippen LogP contribution in [0.2, 0.25) is 0 Å². The number of hydrogen-bond acceptors (Lipinski definition) is 5. The molecular formula is C12H13N3O3. The van der Waals surface area contributed by atoms with Gasteiger partial charge in [-0.1, -0.05) is 5.16 Å². The Hall–Kier alpha value is -2.37. The van der Waals surface area contributed by atoms with Gasteiger partial charge in [-0.25, -0.2) is 0 Å². The second-order valence-electron chi connectivity index (χ2n) is 3.64. The minimum Gasteiger partial charge on any atom is -0.497 e. The lowest BCUT2D eigenvalue weighted by atomic mass is 10.2. The van der Waals surface area contributed by atoms with Crippen LogP contribution in [0.3, 0.4) is 0 Å². The van der Waals surface area contributed by atoms with Crippen molar-refractivity contribution < 1.29 is 14.1 Å². The molecule has 0 aliphatic carbocycles. The summed E-state index contributed by atoms with van der Waals surface area (Å²) in [7, 11) is 1.58. The van der Waals surface area contributed by atoms with E-state index < -0.39 is 0 Å². The summed E-state index contributed by atoms with van der Waals surface area (Å²) in [6.07, 6.45) is 0. The molecule has 0 saturated carbocycles. The SMILES string of the molecule is COc1ccc(C(=O)NCc2noc(C)n2)cc1. The number of benzene rings is 1. The molecule has 94 valence electrons. The Labute approximate surface area is 104 Å². The Bertz CT molecular complexity index is 534. The van der Waals surface area contributed by atoms with E-state index in [-0.39, 0.29) is 12.5 Å². The summed E-state index contributed by atoms with van der Waals surface area (Å²) in [5, 5.41) is 6.39. The molecule has 1 aromatic carbocycles. The summed E-state index contributed by atoms with van der Waals surface area (Å²) in [6.45, 7) is 1.93. The molecule has 0 unspecified atom stereocenters. The van der Waals surface area contributed by atoms with Crippen LogP contribution >= 0.6 is 0 Å². The molecule has 6 nitrogen and oxygen atoms in total. The molecule has 0 aliphatic heterocycles. The van der Waals surface area contributed by atoms with Gasteiger partial charge in [0, 0.05) is 12.5 Å². The maximum atomic E-state index is 11.8. The molecule has 2 aromatic rings. The van der Waals surface area contributed by atoms with Crippen LogP contribution in [-0.4, -0.2) is 23.2 Å². The number of aryl methyl sites for hydroxylation is 1. The van der Waals surface area contributed by atoms with Gasteiger partial charge in [0.05, 0.1) is 13.7 Å². The average molecular weight is 247 g/mol. The van der Waals surface area contributed by atoms with Gasteiger partial charge in [-0.15, -0.1) is 0 Å². The van der Waals surface area contributed by atoms with Crippen LogP contribution in [-0.2, 0) is 6.54 Å². The van der Waals surface area contributed by atoms with Crippen molar-refractivity contribution >= 4 is 5.91 Å². The number of ether oxygens (including phenoxy) is 1. The topological polar surface area (TPSA) is 77.2 Å². The van der Waals surface area contributed by atoms with Crippen molar-refractivity contribution in [2.75, 3.05) is 7.11 Å². The Kier molecular flexibility index (Phi) is 3.57. The first-order valence-electron chi connectivity index (χ1n) is 5.40. The molecule has 0 fully saturated rings. The van der Waals surface area contributed by atoms with Crippen LogP contribution in [0.1, 0.15) is 22.1 Å². The van der Waals surface area contributed by atoms with E-state index in [1.807, 2.05) is 0 Å². The fourth-order valence-corrected chi connectivity index (χ4v) is 1.42. The van der Waals surface area contributed by atoms with E-state index in [0.717, 1.165) is 0 Å². The Morgan fingerprint density at radius 1 is 1.39 bits per heavy atom. The lowest BCUT2D eigenvalue weighted by Crippen LogP contribution is -2.23. The standard InChI is InChI=1S/C12H13N3O3/c1-8-14-11(15-18-8)7-13-12(16)9-3-5-10(17-2)6-4-9/h3-6H,7H2,1-2H3,(H,13,16). The number of nitrogens with zero attached hydrogens (tertiary/aromatic N) is 2. The number of aromatic nitrogens is 2. The Morgan fingerprint density at radius 3 is 2.67 bits per heavy atom. The molecular weight excluding hydrogens is 234 g/mol. The lowest BCUT2D eigenvalue weighted by Gasteiger charge is -2.03. The third-order valence-corrected chi connectivity index (χ3v) is 2.33. The Morgan fingerprint density at radius 2 is 2.11 bits per heavy atom. The van der Waals surface area contributed by atoms with E-state index in [4.69, 9.17) is 9.26 Å². The van der Waals surface area contributed by atoms with Crippen molar-refractivity contribution in [3.8, 4) is 5.75 Å². The van der Waals surface area contributed by atoms with Crippen molar-refractivity contribution in [3.63, 3.8) is 0 Å². The highest BCUT2D eigenvalue weighted by atomic mass is 16.5. The summed E-state index contributed by atoms with van der Waals surface area (Å²) >= 11 is 0. The molecule has 1 N–H and O–H groups in total. The van der Waals surface area contributed by atoms with Crippen molar-refractivity contribution in [3.05, 3.63) is 41.5 Å². The maximum absolute atomic E-state index is 11.8. The number of rotatable bonds is 4. The van der Waals surface area contributed by atoms with Crippen LogP contribution in [0.4, 0.5) is 0 Å². The minimum atomic E-state index is -0.194. The van der Waals surface area contributed by atoms with Crippen molar-refractivity contribution in [1.82, 2.24) is 15.5 Å². The smallest absolute Gasteiger partial charge is 0.251 e. The molecule has 0 saturated heterocycles. The van der Waals surface area contributed by atoms with Crippen LogP contribution < -0.4 is 10.1 Å². The summed E-state index contributed by atoms with van der Waals surface area (Å²) in [6, 6.07) is 6.84. The van der Waals surface area contributed by atoms with Crippen molar-refractivity contribution in [2.45, 2.75) is 13.5 Å². The number of nitrogens with one attached hydrogen (secondary N) is 1. The van der Waals surface area contributed by atoms with E-state index in [2.05, 4.69) is 15.5 Å². The monoisotopic (exact) mass is 247 g/mol. The molecule has 6 heteroatoms. The number of carbonyl (C=O) groups excluding carboxylic acids is 1. The highest BCUT2D eigenvalue weighted by molar-refractivity contribution is 5.94. The predicted octanol–water partition coefficient (Wildman–Crippen LogP) is 1.32. The molecule has 0 radical (unpaired) electrons. The van der Waals surface area contributed by atoms with Crippen molar-refractivity contribution in [1.29, 1.82) is 0 Å². The zero-order valence-electron chi connectivity index (χ0n) is 10.1. The second kappa shape index (κ2) is 5.31.